The molecule has 1 amide bonds. The lowest BCUT2D eigenvalue weighted by atomic mass is 10.1. The number of aromatic nitrogens is 8. The van der Waals surface area contributed by atoms with Crippen LogP contribution in [-0.2, 0) is 12.8 Å². The summed E-state index contributed by atoms with van der Waals surface area (Å²) in [5.41, 5.74) is 10.0. The van der Waals surface area contributed by atoms with Crippen molar-refractivity contribution in [3.05, 3.63) is 47.5 Å². The second-order valence-electron chi connectivity index (χ2n) is 6.62. The van der Waals surface area contributed by atoms with Crippen LogP contribution in [0.3, 0.4) is 0 Å². The molecule has 0 aliphatic heterocycles. The number of para-hydroxylation sites is 1. The number of nitrogen functional groups attached to an aromatic ring is 1. The van der Waals surface area contributed by atoms with Crippen molar-refractivity contribution < 1.29 is 14.2 Å². The molecule has 4 rings (SSSR count). The number of hydrogen-bond acceptors (Lipinski definition) is 12. The van der Waals surface area contributed by atoms with Crippen LogP contribution in [0.5, 0.6) is 5.75 Å². The number of aryl methyl sites for hydroxylation is 1. The third kappa shape index (κ3) is 4.52. The van der Waals surface area contributed by atoms with E-state index in [0.29, 0.717) is 22.3 Å². The number of hydrazone groups is 1. The van der Waals surface area contributed by atoms with Crippen LogP contribution in [-0.4, -0.2) is 58.8 Å². The predicted molar refractivity (Wildman–Crippen MR) is 117 cm³/mol. The van der Waals surface area contributed by atoms with E-state index in [1.165, 1.54) is 16.4 Å². The summed E-state index contributed by atoms with van der Waals surface area (Å²) in [6.45, 7) is 1.75. The van der Waals surface area contributed by atoms with Crippen molar-refractivity contribution in [1.29, 1.82) is 0 Å². The highest BCUT2D eigenvalue weighted by Crippen LogP contribution is 2.24. The minimum absolute atomic E-state index is 0.00167. The van der Waals surface area contributed by atoms with E-state index in [4.69, 9.17) is 10.5 Å². The van der Waals surface area contributed by atoms with Crippen LogP contribution >= 0.6 is 11.8 Å². The third-order valence-corrected chi connectivity index (χ3v) is 5.55. The van der Waals surface area contributed by atoms with Crippen LogP contribution in [0.15, 0.2) is 45.5 Å². The Balaban J connectivity index is 1.62. The molecule has 0 bridgehead atoms. The molecule has 0 saturated carbocycles. The average molecular weight is 469 g/mol. The number of amides is 1. The minimum atomic E-state index is -0.570. The highest BCUT2D eigenvalue weighted by molar-refractivity contribution is 7.98. The first-order chi connectivity index (χ1) is 16.0. The number of methoxy groups -OCH3 is 1. The summed E-state index contributed by atoms with van der Waals surface area (Å²) in [7, 11) is 3.37. The Bertz CT molecular complexity index is 1310. The molecule has 3 aromatic heterocycles. The summed E-state index contributed by atoms with van der Waals surface area (Å²) in [5, 5.41) is 28.0. The number of thioether (sulfide) groups is 1. The number of carbonyl (C=O) groups is 1. The molecule has 0 unspecified atom stereocenters. The normalized spacial score (nSPS) is 11.5. The van der Waals surface area contributed by atoms with Crippen LogP contribution in [0, 0.1) is 0 Å². The fourth-order valence-corrected chi connectivity index (χ4v) is 3.72. The second kappa shape index (κ2) is 9.47. The second-order valence-corrected chi connectivity index (χ2v) is 7.56. The number of rotatable bonds is 8. The van der Waals surface area contributed by atoms with Crippen LogP contribution in [0.1, 0.15) is 28.7 Å². The molecular weight excluding hydrogens is 450 g/mol. The topological polar surface area (TPSA) is 177 Å². The van der Waals surface area contributed by atoms with Crippen molar-refractivity contribution in [2.45, 2.75) is 17.8 Å². The summed E-state index contributed by atoms with van der Waals surface area (Å²) in [6.07, 6.45) is 1.57. The fourth-order valence-electron chi connectivity index (χ4n) is 2.84. The Morgan fingerprint density at radius 1 is 1.30 bits per heavy atom. The van der Waals surface area contributed by atoms with Gasteiger partial charge in [-0.05, 0) is 29.4 Å². The number of hydrogen-bond donors (Lipinski definition) is 2. The molecule has 3 heterocycles. The lowest BCUT2D eigenvalue weighted by Crippen LogP contribution is -2.21. The van der Waals surface area contributed by atoms with Gasteiger partial charge >= 0.3 is 0 Å². The zero-order chi connectivity index (χ0) is 23.4. The van der Waals surface area contributed by atoms with Gasteiger partial charge in [0.2, 0.25) is 11.6 Å². The number of nitrogens with zero attached hydrogens (tertiary/aromatic N) is 9. The number of ether oxygens (including phenoxy) is 1. The van der Waals surface area contributed by atoms with Crippen LogP contribution in [0.2, 0.25) is 0 Å². The number of benzene rings is 1. The summed E-state index contributed by atoms with van der Waals surface area (Å²) >= 11 is 1.32. The van der Waals surface area contributed by atoms with Crippen molar-refractivity contribution in [2.24, 2.45) is 12.1 Å². The molecule has 4 aromatic rings. The van der Waals surface area contributed by atoms with Crippen molar-refractivity contribution in [3.8, 4) is 11.6 Å². The van der Waals surface area contributed by atoms with E-state index >= 15 is 0 Å². The summed E-state index contributed by atoms with van der Waals surface area (Å²) in [5.74, 6) is 0.433. The van der Waals surface area contributed by atoms with E-state index in [1.54, 1.807) is 38.0 Å². The van der Waals surface area contributed by atoms with Crippen LogP contribution < -0.4 is 15.9 Å². The molecule has 14 nitrogen and oxygen atoms in total. The van der Waals surface area contributed by atoms with Gasteiger partial charge in [0.05, 0.1) is 18.5 Å². The van der Waals surface area contributed by atoms with Gasteiger partial charge in [-0.3, -0.25) is 4.79 Å². The summed E-state index contributed by atoms with van der Waals surface area (Å²) in [4.78, 5) is 13.0. The number of nitrogens with two attached hydrogens (primary N) is 1. The molecule has 170 valence electrons. The number of nitrogens with one attached hydrogen (secondary N) is 1. The molecule has 0 atom stereocenters. The molecule has 0 spiro atoms. The highest BCUT2D eigenvalue weighted by Gasteiger charge is 2.24. The molecule has 0 radical (unpaired) electrons. The van der Waals surface area contributed by atoms with E-state index < -0.39 is 5.91 Å². The minimum Gasteiger partial charge on any atom is -0.496 e. The molecule has 3 N–H and O–H groups in total. The first-order valence-corrected chi connectivity index (χ1v) is 10.5. The lowest BCUT2D eigenvalue weighted by Gasteiger charge is -2.08. The molecule has 0 saturated heterocycles. The van der Waals surface area contributed by atoms with Gasteiger partial charge in [0.25, 0.3) is 5.91 Å². The average Bonchev–Trinajstić information content (AvgIpc) is 3.55. The van der Waals surface area contributed by atoms with E-state index in [0.717, 1.165) is 5.56 Å². The first kappa shape index (κ1) is 21.9. The Kier molecular flexibility index (Phi) is 6.30. The first-order valence-electron chi connectivity index (χ1n) is 9.47. The fraction of sp³-hybridized carbons (Fsp3) is 0.222. The quantitative estimate of drug-likeness (QED) is 0.212. The monoisotopic (exact) mass is 469 g/mol. The highest BCUT2D eigenvalue weighted by atomic mass is 32.2. The van der Waals surface area contributed by atoms with Crippen molar-refractivity contribution in [3.63, 3.8) is 0 Å². The maximum absolute atomic E-state index is 13.0. The summed E-state index contributed by atoms with van der Waals surface area (Å²) < 4.78 is 13.0. The largest absolute Gasteiger partial charge is 0.496 e. The van der Waals surface area contributed by atoms with E-state index in [-0.39, 0.29) is 23.1 Å². The standard InChI is InChI=1S/C18H19N11O3S/c1-10(11-6-4-5-7-13(11)31-3)21-23-17(30)14-12(8-33-18-24-20-9-28(18)2)29(27-22-14)16-15(19)25-32-26-16/h4-7,9H,8H2,1-3H3,(H2,19,25)(H,23,30)/b21-10-. The summed E-state index contributed by atoms with van der Waals surface area (Å²) in [6, 6.07) is 7.34. The van der Waals surface area contributed by atoms with E-state index in [9.17, 15) is 4.79 Å². The maximum atomic E-state index is 13.0. The van der Waals surface area contributed by atoms with Crippen molar-refractivity contribution >= 4 is 29.2 Å². The number of anilines is 1. The van der Waals surface area contributed by atoms with Crippen molar-refractivity contribution in [1.82, 2.24) is 45.5 Å². The van der Waals surface area contributed by atoms with Gasteiger partial charge in [-0.25, -0.2) is 10.1 Å². The lowest BCUT2D eigenvalue weighted by molar-refractivity contribution is 0.0949. The SMILES string of the molecule is COc1ccccc1/C(C)=N\NC(=O)c1nnn(-c2nonc2N)c1CSc1nncn1C. The number of carbonyl (C=O) groups excluding carboxylic acids is 1. The molecular formula is C18H19N11O3S. The van der Waals surface area contributed by atoms with Gasteiger partial charge in [0.15, 0.2) is 10.9 Å². The van der Waals surface area contributed by atoms with Gasteiger partial charge in [0.1, 0.15) is 12.1 Å². The van der Waals surface area contributed by atoms with Crippen molar-refractivity contribution in [2.75, 3.05) is 12.8 Å². The Labute approximate surface area is 191 Å². The van der Waals surface area contributed by atoms with Gasteiger partial charge in [0, 0.05) is 18.4 Å². The maximum Gasteiger partial charge on any atom is 0.293 e. The molecule has 15 heteroatoms. The molecule has 1 aromatic carbocycles. The smallest absolute Gasteiger partial charge is 0.293 e. The van der Waals surface area contributed by atoms with Gasteiger partial charge in [-0.15, -0.1) is 15.3 Å². The Hall–Kier alpha value is -4.27. The zero-order valence-corrected chi connectivity index (χ0v) is 18.6. The van der Waals surface area contributed by atoms with Gasteiger partial charge < -0.3 is 15.0 Å². The van der Waals surface area contributed by atoms with Gasteiger partial charge in [-0.1, -0.05) is 29.1 Å². The molecule has 0 aliphatic carbocycles. The third-order valence-electron chi connectivity index (χ3n) is 4.50. The zero-order valence-electron chi connectivity index (χ0n) is 17.8. The Morgan fingerprint density at radius 3 is 2.82 bits per heavy atom. The molecule has 0 fully saturated rings. The predicted octanol–water partition coefficient (Wildman–Crippen LogP) is 0.816. The molecule has 0 aliphatic rings. The molecule has 33 heavy (non-hydrogen) atoms. The van der Waals surface area contributed by atoms with Crippen LogP contribution in [0.25, 0.3) is 5.82 Å². The van der Waals surface area contributed by atoms with Crippen LogP contribution in [0.4, 0.5) is 5.82 Å². The van der Waals surface area contributed by atoms with E-state index in [2.05, 4.69) is 46.0 Å². The Morgan fingerprint density at radius 2 is 2.12 bits per heavy atom. The van der Waals surface area contributed by atoms with Gasteiger partial charge in [-0.2, -0.15) is 9.78 Å². The van der Waals surface area contributed by atoms with E-state index in [1.807, 2.05) is 18.2 Å².